The van der Waals surface area contributed by atoms with Crippen molar-refractivity contribution in [2.75, 3.05) is 39.6 Å². The van der Waals surface area contributed by atoms with Crippen LogP contribution in [-0.2, 0) is 65.4 Å². The Morgan fingerprint density at radius 3 is 0.724 bits per heavy atom. The van der Waals surface area contributed by atoms with Gasteiger partial charge in [0.15, 0.2) is 12.2 Å². The second-order valence-electron chi connectivity index (χ2n) is 32.1. The van der Waals surface area contributed by atoms with Crippen LogP contribution in [0.2, 0.25) is 0 Å². The number of aliphatic hydroxyl groups is 1. The first-order valence-corrected chi connectivity index (χ1v) is 47.4. The molecule has 0 aliphatic heterocycles. The summed E-state index contributed by atoms with van der Waals surface area (Å²) in [6.45, 7) is 12.0. The molecular formula is C86H168O17P2. The molecule has 0 rings (SSSR count). The van der Waals surface area contributed by atoms with Crippen LogP contribution in [-0.4, -0.2) is 96.7 Å². The molecule has 0 aliphatic rings. The van der Waals surface area contributed by atoms with E-state index in [0.717, 1.165) is 108 Å². The number of aliphatic hydroxyl groups excluding tert-OH is 1. The summed E-state index contributed by atoms with van der Waals surface area (Å²) in [4.78, 5) is 73.3. The van der Waals surface area contributed by atoms with E-state index >= 15 is 0 Å². The highest BCUT2D eigenvalue weighted by Crippen LogP contribution is 2.45. The number of rotatable bonds is 84. The van der Waals surface area contributed by atoms with Crippen molar-refractivity contribution >= 4 is 39.5 Å². The Morgan fingerprint density at radius 1 is 0.276 bits per heavy atom. The molecule has 0 fully saturated rings. The van der Waals surface area contributed by atoms with Crippen LogP contribution in [0.3, 0.4) is 0 Å². The van der Waals surface area contributed by atoms with Crippen molar-refractivity contribution in [3.8, 4) is 0 Å². The molecule has 0 aromatic carbocycles. The third kappa shape index (κ3) is 78.5. The largest absolute Gasteiger partial charge is 0.472 e. The third-order valence-electron chi connectivity index (χ3n) is 20.5. The molecule has 624 valence electrons. The smallest absolute Gasteiger partial charge is 0.462 e. The Morgan fingerprint density at radius 2 is 0.486 bits per heavy atom. The van der Waals surface area contributed by atoms with Crippen LogP contribution in [0.5, 0.6) is 0 Å². The fourth-order valence-electron chi connectivity index (χ4n) is 13.3. The lowest BCUT2D eigenvalue weighted by atomic mass is 9.99. The molecule has 0 saturated heterocycles. The topological polar surface area (TPSA) is 237 Å². The van der Waals surface area contributed by atoms with Gasteiger partial charge in [0, 0.05) is 25.7 Å². The predicted molar refractivity (Wildman–Crippen MR) is 432 cm³/mol. The maximum atomic E-state index is 13.1. The highest BCUT2D eigenvalue weighted by molar-refractivity contribution is 7.47. The van der Waals surface area contributed by atoms with Crippen molar-refractivity contribution in [3.05, 3.63) is 0 Å². The summed E-state index contributed by atoms with van der Waals surface area (Å²) in [6, 6.07) is 0. The fraction of sp³-hybridized carbons (Fsp3) is 0.953. The van der Waals surface area contributed by atoms with E-state index in [2.05, 4.69) is 48.5 Å². The van der Waals surface area contributed by atoms with Crippen molar-refractivity contribution in [1.29, 1.82) is 0 Å². The lowest BCUT2D eigenvalue weighted by molar-refractivity contribution is -0.161. The molecule has 0 bridgehead atoms. The summed E-state index contributed by atoms with van der Waals surface area (Å²) in [7, 11) is -9.93. The van der Waals surface area contributed by atoms with Crippen LogP contribution < -0.4 is 0 Å². The van der Waals surface area contributed by atoms with Gasteiger partial charge in [0.05, 0.1) is 26.4 Å². The molecule has 6 atom stereocenters. The van der Waals surface area contributed by atoms with Crippen LogP contribution >= 0.6 is 15.6 Å². The van der Waals surface area contributed by atoms with Gasteiger partial charge in [0.1, 0.15) is 19.3 Å². The Kier molecular flexibility index (Phi) is 74.7. The van der Waals surface area contributed by atoms with Crippen LogP contribution in [0.1, 0.15) is 453 Å². The Labute approximate surface area is 645 Å². The maximum absolute atomic E-state index is 13.1. The Bertz CT molecular complexity index is 2030. The highest BCUT2D eigenvalue weighted by atomic mass is 31.2. The van der Waals surface area contributed by atoms with E-state index in [1.165, 1.54) is 263 Å². The summed E-state index contributed by atoms with van der Waals surface area (Å²) < 4.78 is 68.9. The van der Waals surface area contributed by atoms with Gasteiger partial charge >= 0.3 is 39.5 Å². The van der Waals surface area contributed by atoms with Gasteiger partial charge in [-0.15, -0.1) is 0 Å². The van der Waals surface area contributed by atoms with Crippen LogP contribution in [0.15, 0.2) is 0 Å². The van der Waals surface area contributed by atoms with Gasteiger partial charge in [-0.05, 0) is 43.4 Å². The number of carbonyl (C=O) groups excluding carboxylic acids is 4. The van der Waals surface area contributed by atoms with Crippen molar-refractivity contribution in [1.82, 2.24) is 0 Å². The second kappa shape index (κ2) is 76.1. The van der Waals surface area contributed by atoms with E-state index in [9.17, 15) is 43.2 Å². The SMILES string of the molecule is CCCCCCCCCCCCCCCCCCC(=O)O[C@H](COC(=O)CCCCCCCCCCC(C)CC)COP(=O)(O)OC[C@H](O)COP(=O)(O)OC[C@@H](COC(=O)CCCCCCCCCCCCCCCCCC(C)C)OC(=O)CCCCCCCCCCCCCCCCCCC(C)C. The summed E-state index contributed by atoms with van der Waals surface area (Å²) in [5, 5.41) is 10.7. The number of phosphoric acid groups is 2. The minimum absolute atomic E-state index is 0.108. The predicted octanol–water partition coefficient (Wildman–Crippen LogP) is 26.1. The van der Waals surface area contributed by atoms with Gasteiger partial charge in [-0.2, -0.15) is 0 Å². The van der Waals surface area contributed by atoms with Gasteiger partial charge in [0.25, 0.3) is 0 Å². The number of carbonyl (C=O) groups is 4. The molecule has 105 heavy (non-hydrogen) atoms. The van der Waals surface area contributed by atoms with Crippen LogP contribution in [0.4, 0.5) is 0 Å². The molecule has 3 N–H and O–H groups in total. The Balaban J connectivity index is 5.27. The van der Waals surface area contributed by atoms with Crippen molar-refractivity contribution in [2.24, 2.45) is 17.8 Å². The average Bonchev–Trinajstić information content (AvgIpc) is 0.916. The third-order valence-corrected chi connectivity index (χ3v) is 22.4. The highest BCUT2D eigenvalue weighted by Gasteiger charge is 2.30. The van der Waals surface area contributed by atoms with Crippen molar-refractivity contribution in [3.63, 3.8) is 0 Å². The van der Waals surface area contributed by atoms with Crippen LogP contribution in [0.25, 0.3) is 0 Å². The molecule has 0 saturated carbocycles. The maximum Gasteiger partial charge on any atom is 0.472 e. The van der Waals surface area contributed by atoms with E-state index in [1.807, 2.05) is 0 Å². The molecule has 0 aliphatic carbocycles. The van der Waals surface area contributed by atoms with Crippen molar-refractivity contribution in [2.45, 2.75) is 471 Å². The normalized spacial score (nSPS) is 14.1. The number of ether oxygens (including phenoxy) is 4. The van der Waals surface area contributed by atoms with Crippen molar-refractivity contribution < 1.29 is 80.2 Å². The van der Waals surface area contributed by atoms with E-state index < -0.39 is 97.5 Å². The lowest BCUT2D eigenvalue weighted by Crippen LogP contribution is -2.30. The molecule has 0 heterocycles. The lowest BCUT2D eigenvalue weighted by Gasteiger charge is -2.21. The molecule has 0 aromatic heterocycles. The quantitative estimate of drug-likeness (QED) is 0.0222. The van der Waals surface area contributed by atoms with Gasteiger partial charge in [0.2, 0.25) is 0 Å². The molecule has 19 heteroatoms. The van der Waals surface area contributed by atoms with Crippen LogP contribution in [0, 0.1) is 17.8 Å². The van der Waals surface area contributed by atoms with Gasteiger partial charge in [-0.25, -0.2) is 9.13 Å². The summed E-state index contributed by atoms with van der Waals surface area (Å²) in [5.74, 6) is 0.290. The molecule has 0 amide bonds. The second-order valence-corrected chi connectivity index (χ2v) is 35.0. The van der Waals surface area contributed by atoms with Gasteiger partial charge < -0.3 is 33.8 Å². The number of esters is 4. The first-order valence-electron chi connectivity index (χ1n) is 44.4. The zero-order chi connectivity index (χ0) is 77.2. The first-order chi connectivity index (χ1) is 50.8. The standard InChI is InChI=1S/C86H168O17P2/c1-8-10-11-12-13-14-15-16-17-23-29-34-39-48-55-62-69-86(91)103-82(74-97-84(89)68-61-54-47-42-41-45-52-59-66-79(7)9-2)76-101-105(94,95)99-72-80(87)71-98-104(92,93)100-75-81(73-96-83(88)67-60-53-46-38-33-28-25-20-22-27-32-37-44-51-58-65-78(5)6)102-85(90)70-63-56-49-40-35-30-24-19-18-21-26-31-36-43-50-57-64-77(3)4/h77-82,87H,8-76H2,1-7H3,(H,92,93)(H,94,95)/t79?,80-,81-,82-/m1/s1. The average molecular weight is 1540 g/mol. The minimum Gasteiger partial charge on any atom is -0.462 e. The van der Waals surface area contributed by atoms with E-state index in [-0.39, 0.29) is 25.7 Å². The zero-order valence-electron chi connectivity index (χ0n) is 69.2. The summed E-state index contributed by atoms with van der Waals surface area (Å²) in [5.41, 5.74) is 0. The zero-order valence-corrected chi connectivity index (χ0v) is 71.0. The van der Waals surface area contributed by atoms with E-state index in [1.54, 1.807) is 0 Å². The molecule has 3 unspecified atom stereocenters. The van der Waals surface area contributed by atoms with Gasteiger partial charge in [-0.3, -0.25) is 37.3 Å². The van der Waals surface area contributed by atoms with E-state index in [4.69, 9.17) is 37.0 Å². The molecule has 17 nitrogen and oxygen atoms in total. The van der Waals surface area contributed by atoms with Gasteiger partial charge in [-0.1, -0.05) is 402 Å². The molecule has 0 radical (unpaired) electrons. The molecular weight excluding hydrogens is 1370 g/mol. The molecule has 0 aromatic rings. The number of unbranched alkanes of at least 4 members (excludes halogenated alkanes) is 51. The minimum atomic E-state index is -4.97. The number of hydrogen-bond acceptors (Lipinski definition) is 15. The first kappa shape index (κ1) is 103. The monoisotopic (exact) mass is 1540 g/mol. The fourth-order valence-corrected chi connectivity index (χ4v) is 14.9. The number of hydrogen-bond donors (Lipinski definition) is 3. The molecule has 0 spiro atoms. The summed E-state index contributed by atoms with van der Waals surface area (Å²) >= 11 is 0. The summed E-state index contributed by atoms with van der Waals surface area (Å²) in [6.07, 6.45) is 66.5. The number of phosphoric ester groups is 2. The van der Waals surface area contributed by atoms with E-state index in [0.29, 0.717) is 25.7 Å². The Hall–Kier alpha value is -1.94.